The van der Waals surface area contributed by atoms with Crippen LogP contribution in [0, 0.1) is 5.82 Å². The highest BCUT2D eigenvalue weighted by Crippen LogP contribution is 2.26. The van der Waals surface area contributed by atoms with Gasteiger partial charge in [0.1, 0.15) is 17.3 Å². The molecule has 0 aliphatic heterocycles. The molecule has 0 bridgehead atoms. The predicted molar refractivity (Wildman–Crippen MR) is 72.5 cm³/mol. The molecule has 20 heavy (non-hydrogen) atoms. The second-order valence-electron chi connectivity index (χ2n) is 4.29. The SMILES string of the molecule is COC(=O)CN(C(C)C)S(=O)(=O)c1ccc(F)cc1Cl. The second kappa shape index (κ2) is 6.51. The zero-order valence-electron chi connectivity index (χ0n) is 11.3. The molecule has 1 aromatic rings. The highest BCUT2D eigenvalue weighted by atomic mass is 35.5. The molecule has 0 N–H and O–H groups in total. The van der Waals surface area contributed by atoms with E-state index in [1.54, 1.807) is 13.8 Å². The molecule has 0 radical (unpaired) electrons. The van der Waals surface area contributed by atoms with E-state index in [0.29, 0.717) is 0 Å². The van der Waals surface area contributed by atoms with Gasteiger partial charge in [0.15, 0.2) is 0 Å². The summed E-state index contributed by atoms with van der Waals surface area (Å²) >= 11 is 5.77. The fourth-order valence-corrected chi connectivity index (χ4v) is 3.64. The number of methoxy groups -OCH3 is 1. The summed E-state index contributed by atoms with van der Waals surface area (Å²) in [5.74, 6) is -1.33. The van der Waals surface area contributed by atoms with E-state index in [1.165, 1.54) is 7.11 Å². The number of carbonyl (C=O) groups excluding carboxylic acids is 1. The lowest BCUT2D eigenvalue weighted by molar-refractivity contribution is -0.141. The van der Waals surface area contributed by atoms with E-state index in [4.69, 9.17) is 11.6 Å². The molecule has 0 fully saturated rings. The van der Waals surface area contributed by atoms with Crippen LogP contribution < -0.4 is 0 Å². The normalized spacial score (nSPS) is 11.9. The number of carbonyl (C=O) groups is 1. The lowest BCUT2D eigenvalue weighted by Crippen LogP contribution is -2.41. The molecule has 0 atom stereocenters. The quantitative estimate of drug-likeness (QED) is 0.778. The van der Waals surface area contributed by atoms with E-state index < -0.39 is 34.4 Å². The first-order valence-corrected chi connectivity index (χ1v) is 7.55. The van der Waals surface area contributed by atoms with Gasteiger partial charge in [-0.3, -0.25) is 4.79 Å². The van der Waals surface area contributed by atoms with Crippen molar-refractivity contribution in [1.29, 1.82) is 0 Å². The summed E-state index contributed by atoms with van der Waals surface area (Å²) < 4.78 is 43.3. The lowest BCUT2D eigenvalue weighted by atomic mass is 10.3. The van der Waals surface area contributed by atoms with Gasteiger partial charge in [0.25, 0.3) is 0 Å². The molecule has 5 nitrogen and oxygen atoms in total. The first kappa shape index (κ1) is 16.9. The average molecular weight is 324 g/mol. The first-order chi connectivity index (χ1) is 9.20. The van der Waals surface area contributed by atoms with Crippen molar-refractivity contribution in [3.8, 4) is 0 Å². The summed E-state index contributed by atoms with van der Waals surface area (Å²) in [5, 5.41) is -0.236. The highest BCUT2D eigenvalue weighted by Gasteiger charge is 2.31. The minimum absolute atomic E-state index is 0.236. The van der Waals surface area contributed by atoms with E-state index in [0.717, 1.165) is 22.5 Å². The molecule has 0 aliphatic rings. The maximum Gasteiger partial charge on any atom is 0.321 e. The maximum atomic E-state index is 13.0. The van der Waals surface area contributed by atoms with Gasteiger partial charge in [-0.2, -0.15) is 4.31 Å². The van der Waals surface area contributed by atoms with E-state index in [-0.39, 0.29) is 9.92 Å². The van der Waals surface area contributed by atoms with E-state index in [1.807, 2.05) is 0 Å². The number of esters is 1. The van der Waals surface area contributed by atoms with Crippen molar-refractivity contribution in [2.75, 3.05) is 13.7 Å². The Labute approximate surface area is 122 Å². The summed E-state index contributed by atoms with van der Waals surface area (Å²) in [6.07, 6.45) is 0. The van der Waals surface area contributed by atoms with Gasteiger partial charge in [-0.25, -0.2) is 12.8 Å². The minimum atomic E-state index is -4.02. The van der Waals surface area contributed by atoms with Crippen LogP contribution in [0.2, 0.25) is 5.02 Å². The zero-order valence-corrected chi connectivity index (χ0v) is 12.8. The summed E-state index contributed by atoms with van der Waals surface area (Å²) in [5.41, 5.74) is 0. The Kier molecular flexibility index (Phi) is 5.50. The summed E-state index contributed by atoms with van der Waals surface area (Å²) in [6.45, 7) is 2.78. The van der Waals surface area contributed by atoms with Gasteiger partial charge in [-0.15, -0.1) is 0 Å². The van der Waals surface area contributed by atoms with Gasteiger partial charge >= 0.3 is 5.97 Å². The van der Waals surface area contributed by atoms with Crippen LogP contribution >= 0.6 is 11.6 Å². The van der Waals surface area contributed by atoms with Gasteiger partial charge in [-0.05, 0) is 32.0 Å². The van der Waals surface area contributed by atoms with Crippen molar-refractivity contribution in [1.82, 2.24) is 4.31 Å². The van der Waals surface area contributed by atoms with Crippen LogP contribution in [0.4, 0.5) is 4.39 Å². The Morgan fingerprint density at radius 2 is 2.05 bits per heavy atom. The number of nitrogens with zero attached hydrogens (tertiary/aromatic N) is 1. The molecule has 0 amide bonds. The third-order valence-corrected chi connectivity index (χ3v) is 5.07. The Morgan fingerprint density at radius 3 is 2.50 bits per heavy atom. The number of hydrogen-bond donors (Lipinski definition) is 0. The smallest absolute Gasteiger partial charge is 0.321 e. The minimum Gasteiger partial charge on any atom is -0.468 e. The maximum absolute atomic E-state index is 13.0. The van der Waals surface area contributed by atoms with Crippen LogP contribution in [0.25, 0.3) is 0 Å². The van der Waals surface area contributed by atoms with Crippen LogP contribution in [0.3, 0.4) is 0 Å². The fraction of sp³-hybridized carbons (Fsp3) is 0.417. The largest absolute Gasteiger partial charge is 0.468 e. The summed E-state index contributed by atoms with van der Waals surface area (Å²) in [6, 6.07) is 2.49. The number of benzene rings is 1. The first-order valence-electron chi connectivity index (χ1n) is 5.74. The van der Waals surface area contributed by atoms with Crippen LogP contribution in [-0.2, 0) is 19.6 Å². The van der Waals surface area contributed by atoms with Gasteiger partial charge in [0, 0.05) is 6.04 Å². The van der Waals surface area contributed by atoms with Gasteiger partial charge in [-0.1, -0.05) is 11.6 Å². The molecule has 1 aromatic carbocycles. The fourth-order valence-electron chi connectivity index (χ4n) is 1.55. The van der Waals surface area contributed by atoms with Crippen molar-refractivity contribution in [2.24, 2.45) is 0 Å². The predicted octanol–water partition coefficient (Wildman–Crippen LogP) is 2.05. The van der Waals surface area contributed by atoms with E-state index in [9.17, 15) is 17.6 Å². The van der Waals surface area contributed by atoms with Crippen LogP contribution in [0.5, 0.6) is 0 Å². The molecule has 0 aromatic heterocycles. The van der Waals surface area contributed by atoms with E-state index >= 15 is 0 Å². The third kappa shape index (κ3) is 3.68. The molecule has 0 unspecified atom stereocenters. The summed E-state index contributed by atoms with van der Waals surface area (Å²) in [7, 11) is -2.85. The molecule has 0 heterocycles. The van der Waals surface area contributed by atoms with Crippen LogP contribution in [0.15, 0.2) is 23.1 Å². The van der Waals surface area contributed by atoms with Gasteiger partial charge < -0.3 is 4.74 Å². The van der Waals surface area contributed by atoms with Crippen LogP contribution in [0.1, 0.15) is 13.8 Å². The number of halogens is 2. The van der Waals surface area contributed by atoms with Gasteiger partial charge in [0.05, 0.1) is 12.1 Å². The van der Waals surface area contributed by atoms with Crippen molar-refractivity contribution in [2.45, 2.75) is 24.8 Å². The van der Waals surface area contributed by atoms with Crippen LogP contribution in [-0.4, -0.2) is 38.4 Å². The number of rotatable bonds is 5. The number of ether oxygens (including phenoxy) is 1. The Morgan fingerprint density at radius 1 is 1.45 bits per heavy atom. The molecule has 0 saturated carbocycles. The molecule has 0 aliphatic carbocycles. The molecule has 0 saturated heterocycles. The van der Waals surface area contributed by atoms with Crippen molar-refractivity contribution in [3.63, 3.8) is 0 Å². The summed E-state index contributed by atoms with van der Waals surface area (Å²) in [4.78, 5) is 11.1. The van der Waals surface area contributed by atoms with Gasteiger partial charge in [0.2, 0.25) is 10.0 Å². The zero-order chi connectivity index (χ0) is 15.5. The second-order valence-corrected chi connectivity index (χ2v) is 6.56. The molecule has 8 heteroatoms. The topological polar surface area (TPSA) is 63.7 Å². The molecule has 0 spiro atoms. The standard InChI is InChI=1S/C12H15ClFNO4S/c1-8(2)15(7-12(16)19-3)20(17,18)11-5-4-9(14)6-10(11)13/h4-6,8H,7H2,1-3H3. The lowest BCUT2D eigenvalue weighted by Gasteiger charge is -2.25. The monoisotopic (exact) mass is 323 g/mol. The third-order valence-electron chi connectivity index (χ3n) is 2.57. The number of hydrogen-bond acceptors (Lipinski definition) is 4. The van der Waals surface area contributed by atoms with Crippen molar-refractivity contribution >= 4 is 27.6 Å². The Hall–Kier alpha value is -1.18. The molecular formula is C12H15ClFNO4S. The Balaban J connectivity index is 3.26. The molecular weight excluding hydrogens is 309 g/mol. The highest BCUT2D eigenvalue weighted by molar-refractivity contribution is 7.89. The Bertz CT molecular complexity index is 603. The molecule has 1 rings (SSSR count). The van der Waals surface area contributed by atoms with E-state index in [2.05, 4.69) is 4.74 Å². The number of sulfonamides is 1. The van der Waals surface area contributed by atoms with Crippen molar-refractivity contribution < 1.29 is 22.3 Å². The average Bonchev–Trinajstić information content (AvgIpc) is 2.34. The molecule has 112 valence electrons. The van der Waals surface area contributed by atoms with Crippen molar-refractivity contribution in [3.05, 3.63) is 29.0 Å².